The topological polar surface area (TPSA) is 52.0 Å². The van der Waals surface area contributed by atoms with Crippen molar-refractivity contribution in [2.24, 2.45) is 0 Å². The van der Waals surface area contributed by atoms with Crippen LogP contribution in [0.5, 0.6) is 5.75 Å². The summed E-state index contributed by atoms with van der Waals surface area (Å²) in [5.41, 5.74) is 1.82. The van der Waals surface area contributed by atoms with Crippen LogP contribution in [0.4, 0.5) is 0 Å². The SMILES string of the molecule is COc1ccc([C@@H](CNC(=O)Cc2c(Cl)cccc2Cl)[NH+]2CCOCC2)cc1. The molecule has 0 radical (unpaired) electrons. The molecule has 2 N–H and O–H groups in total. The predicted molar refractivity (Wildman–Crippen MR) is 110 cm³/mol. The number of morpholine rings is 1. The lowest BCUT2D eigenvalue weighted by Crippen LogP contribution is -3.15. The molecule has 0 aromatic heterocycles. The highest BCUT2D eigenvalue weighted by atomic mass is 35.5. The van der Waals surface area contributed by atoms with Gasteiger partial charge in [-0.15, -0.1) is 0 Å². The summed E-state index contributed by atoms with van der Waals surface area (Å²) in [6.45, 7) is 3.80. The maximum absolute atomic E-state index is 12.6. The summed E-state index contributed by atoms with van der Waals surface area (Å²) < 4.78 is 10.8. The second kappa shape index (κ2) is 10.1. The van der Waals surface area contributed by atoms with Crippen molar-refractivity contribution >= 4 is 29.1 Å². The van der Waals surface area contributed by atoms with Crippen molar-refractivity contribution in [3.63, 3.8) is 0 Å². The molecule has 1 saturated heterocycles. The number of quaternary nitrogens is 1. The molecule has 1 aliphatic rings. The number of amides is 1. The van der Waals surface area contributed by atoms with Gasteiger partial charge in [0.1, 0.15) is 24.9 Å². The van der Waals surface area contributed by atoms with Crippen LogP contribution in [-0.4, -0.2) is 45.9 Å². The van der Waals surface area contributed by atoms with Crippen LogP contribution in [0, 0.1) is 0 Å². The van der Waals surface area contributed by atoms with E-state index in [4.69, 9.17) is 32.7 Å². The van der Waals surface area contributed by atoms with E-state index in [0.717, 1.165) is 37.6 Å². The maximum Gasteiger partial charge on any atom is 0.224 e. The lowest BCUT2D eigenvalue weighted by Gasteiger charge is -2.32. The minimum Gasteiger partial charge on any atom is -0.497 e. The average Bonchev–Trinajstić information content (AvgIpc) is 2.72. The van der Waals surface area contributed by atoms with E-state index in [2.05, 4.69) is 17.4 Å². The maximum atomic E-state index is 12.6. The number of carbonyl (C=O) groups excluding carboxylic acids is 1. The fourth-order valence-corrected chi connectivity index (χ4v) is 3.99. The smallest absolute Gasteiger partial charge is 0.224 e. The van der Waals surface area contributed by atoms with Crippen molar-refractivity contribution in [1.82, 2.24) is 5.32 Å². The van der Waals surface area contributed by atoms with Gasteiger partial charge < -0.3 is 19.7 Å². The third-order valence-corrected chi connectivity index (χ3v) is 5.76. The van der Waals surface area contributed by atoms with E-state index in [0.29, 0.717) is 22.2 Å². The zero-order valence-corrected chi connectivity index (χ0v) is 17.4. The molecule has 1 heterocycles. The van der Waals surface area contributed by atoms with E-state index < -0.39 is 0 Å². The summed E-state index contributed by atoms with van der Waals surface area (Å²) >= 11 is 12.4. The molecule has 7 heteroatoms. The molecule has 1 amide bonds. The number of nitrogens with one attached hydrogen (secondary N) is 2. The molecule has 2 aromatic rings. The fourth-order valence-electron chi connectivity index (χ4n) is 3.46. The number of methoxy groups -OCH3 is 1. The van der Waals surface area contributed by atoms with Crippen LogP contribution < -0.4 is 15.0 Å². The molecule has 28 heavy (non-hydrogen) atoms. The Bertz CT molecular complexity index is 772. The first kappa shape index (κ1) is 20.9. The quantitative estimate of drug-likeness (QED) is 0.718. The summed E-state index contributed by atoms with van der Waals surface area (Å²) in [6.07, 6.45) is 0.159. The van der Waals surface area contributed by atoms with E-state index in [1.165, 1.54) is 4.90 Å². The first-order valence-corrected chi connectivity index (χ1v) is 10.1. The van der Waals surface area contributed by atoms with E-state index >= 15 is 0 Å². The third-order valence-electron chi connectivity index (χ3n) is 5.05. The Hall–Kier alpha value is -1.79. The largest absolute Gasteiger partial charge is 0.497 e. The van der Waals surface area contributed by atoms with Gasteiger partial charge in [-0.2, -0.15) is 0 Å². The van der Waals surface area contributed by atoms with Crippen molar-refractivity contribution in [2.75, 3.05) is 40.0 Å². The molecular weight excluding hydrogens is 399 g/mol. The van der Waals surface area contributed by atoms with Gasteiger partial charge in [0.2, 0.25) is 5.91 Å². The summed E-state index contributed by atoms with van der Waals surface area (Å²) in [5.74, 6) is 0.720. The molecule has 0 unspecified atom stereocenters. The molecule has 150 valence electrons. The molecule has 0 saturated carbocycles. The number of ether oxygens (including phenoxy) is 2. The zero-order chi connectivity index (χ0) is 19.9. The molecule has 5 nitrogen and oxygen atoms in total. The number of hydrogen-bond donors (Lipinski definition) is 2. The van der Waals surface area contributed by atoms with Gasteiger partial charge in [-0.3, -0.25) is 4.79 Å². The number of hydrogen-bond acceptors (Lipinski definition) is 3. The molecule has 0 spiro atoms. The second-order valence-corrected chi connectivity index (χ2v) is 7.59. The van der Waals surface area contributed by atoms with Crippen LogP contribution in [0.25, 0.3) is 0 Å². The summed E-state index contributed by atoms with van der Waals surface area (Å²) in [6, 6.07) is 13.4. The number of halogens is 2. The normalized spacial score (nSPS) is 15.8. The highest BCUT2D eigenvalue weighted by Crippen LogP contribution is 2.24. The van der Waals surface area contributed by atoms with Gasteiger partial charge >= 0.3 is 0 Å². The molecule has 1 atom stereocenters. The van der Waals surface area contributed by atoms with Crippen molar-refractivity contribution in [1.29, 1.82) is 0 Å². The first-order chi connectivity index (χ1) is 13.6. The summed E-state index contributed by atoms with van der Waals surface area (Å²) in [7, 11) is 1.65. The fraction of sp³-hybridized carbons (Fsp3) is 0.381. The first-order valence-electron chi connectivity index (χ1n) is 9.34. The Kier molecular flexibility index (Phi) is 7.57. The Balaban J connectivity index is 1.69. The van der Waals surface area contributed by atoms with Gasteiger partial charge in [0.15, 0.2) is 0 Å². The van der Waals surface area contributed by atoms with Crippen LogP contribution in [0.3, 0.4) is 0 Å². The van der Waals surface area contributed by atoms with Gasteiger partial charge in [-0.1, -0.05) is 29.3 Å². The van der Waals surface area contributed by atoms with E-state index in [9.17, 15) is 4.79 Å². The van der Waals surface area contributed by atoms with E-state index in [1.54, 1.807) is 25.3 Å². The van der Waals surface area contributed by atoms with Gasteiger partial charge in [-0.05, 0) is 42.0 Å². The predicted octanol–water partition coefficient (Wildman–Crippen LogP) is 2.32. The van der Waals surface area contributed by atoms with Crippen LogP contribution in [-0.2, 0) is 16.0 Å². The van der Waals surface area contributed by atoms with Gasteiger partial charge in [0.05, 0.1) is 33.3 Å². The highest BCUT2D eigenvalue weighted by Gasteiger charge is 2.27. The second-order valence-electron chi connectivity index (χ2n) is 6.78. The van der Waals surface area contributed by atoms with Gasteiger partial charge in [0.25, 0.3) is 0 Å². The molecular formula is C21H25Cl2N2O3+. The van der Waals surface area contributed by atoms with E-state index in [1.807, 2.05) is 12.1 Å². The lowest BCUT2D eigenvalue weighted by atomic mass is 10.0. The van der Waals surface area contributed by atoms with Gasteiger partial charge in [0, 0.05) is 15.6 Å². The van der Waals surface area contributed by atoms with Crippen molar-refractivity contribution in [2.45, 2.75) is 12.5 Å². The number of benzene rings is 2. The van der Waals surface area contributed by atoms with Gasteiger partial charge in [-0.25, -0.2) is 0 Å². The molecule has 0 aliphatic carbocycles. The Morgan fingerprint density at radius 2 is 1.79 bits per heavy atom. The Morgan fingerprint density at radius 3 is 2.39 bits per heavy atom. The highest BCUT2D eigenvalue weighted by molar-refractivity contribution is 6.36. The Morgan fingerprint density at radius 1 is 1.14 bits per heavy atom. The number of carbonyl (C=O) groups is 1. The van der Waals surface area contributed by atoms with E-state index in [-0.39, 0.29) is 18.4 Å². The minimum atomic E-state index is -0.0961. The van der Waals surface area contributed by atoms with Crippen LogP contribution in [0.2, 0.25) is 10.0 Å². The van der Waals surface area contributed by atoms with Crippen molar-refractivity contribution in [3.8, 4) is 5.75 Å². The molecule has 0 bridgehead atoms. The van der Waals surface area contributed by atoms with Crippen molar-refractivity contribution < 1.29 is 19.2 Å². The molecule has 3 rings (SSSR count). The molecule has 1 aliphatic heterocycles. The average molecular weight is 424 g/mol. The molecule has 2 aromatic carbocycles. The summed E-state index contributed by atoms with van der Waals surface area (Å²) in [4.78, 5) is 13.9. The van der Waals surface area contributed by atoms with Crippen LogP contribution in [0.15, 0.2) is 42.5 Å². The lowest BCUT2D eigenvalue weighted by molar-refractivity contribution is -0.937. The number of rotatable bonds is 7. The van der Waals surface area contributed by atoms with Crippen LogP contribution in [0.1, 0.15) is 17.2 Å². The zero-order valence-electron chi connectivity index (χ0n) is 15.8. The summed E-state index contributed by atoms with van der Waals surface area (Å²) in [5, 5.41) is 4.08. The third kappa shape index (κ3) is 5.39. The Labute approximate surface area is 175 Å². The molecule has 1 fully saturated rings. The van der Waals surface area contributed by atoms with Crippen LogP contribution >= 0.6 is 23.2 Å². The monoisotopic (exact) mass is 423 g/mol. The van der Waals surface area contributed by atoms with Crippen molar-refractivity contribution in [3.05, 3.63) is 63.6 Å². The standard InChI is InChI=1S/C21H24Cl2N2O3/c1-27-16-7-5-15(6-8-16)20(25-9-11-28-12-10-25)14-24-21(26)13-17-18(22)3-2-4-19(17)23/h2-8,20H,9-14H2,1H3,(H,24,26)/p+1/t20-/m1/s1. The minimum absolute atomic E-state index is 0.0961.